The summed E-state index contributed by atoms with van der Waals surface area (Å²) in [4.78, 5) is 3.96. The van der Waals surface area contributed by atoms with Crippen molar-refractivity contribution in [3.63, 3.8) is 0 Å². The molecule has 2 N–H and O–H groups in total. The molecule has 5 heteroatoms. The van der Waals surface area contributed by atoms with E-state index >= 15 is 0 Å². The fraction of sp³-hybridized carbons (Fsp3) is 0.583. The van der Waals surface area contributed by atoms with Crippen molar-refractivity contribution < 1.29 is 5.11 Å². The van der Waals surface area contributed by atoms with Gasteiger partial charge in [0.15, 0.2) is 0 Å². The number of nitrogens with zero attached hydrogens (tertiary/aromatic N) is 1. The third-order valence-electron chi connectivity index (χ3n) is 2.39. The molecule has 0 aliphatic heterocycles. The number of hydrogen-bond acceptors (Lipinski definition) is 4. The molecule has 0 amide bonds. The molecule has 96 valence electrons. The van der Waals surface area contributed by atoms with Gasteiger partial charge in [-0.25, -0.2) is 4.98 Å². The molecule has 3 nitrogen and oxygen atoms in total. The highest BCUT2D eigenvalue weighted by molar-refractivity contribution is 7.99. The molecule has 0 aliphatic carbocycles. The smallest absolute Gasteiger partial charge is 0.129 e. The molecular formula is C12H19ClN2OS. The van der Waals surface area contributed by atoms with Crippen molar-refractivity contribution in [1.82, 2.24) is 10.3 Å². The number of hydrogen-bond donors (Lipinski definition) is 2. The average molecular weight is 275 g/mol. The second kappa shape index (κ2) is 8.75. The normalized spacial score (nSPS) is 12.6. The number of halogens is 1. The summed E-state index contributed by atoms with van der Waals surface area (Å²) in [5, 5.41) is 12.6. The summed E-state index contributed by atoms with van der Waals surface area (Å²) in [5.74, 6) is 2.08. The maximum absolute atomic E-state index is 8.64. The van der Waals surface area contributed by atoms with Crippen LogP contribution in [0, 0.1) is 0 Å². The summed E-state index contributed by atoms with van der Waals surface area (Å²) in [6.45, 7) is 3.35. The van der Waals surface area contributed by atoms with Crippen molar-refractivity contribution in [3.8, 4) is 0 Å². The van der Waals surface area contributed by atoms with Crippen LogP contribution in [0.15, 0.2) is 18.3 Å². The molecule has 0 saturated heterocycles. The average Bonchev–Trinajstić information content (AvgIpc) is 2.33. The third kappa shape index (κ3) is 6.27. The van der Waals surface area contributed by atoms with Gasteiger partial charge in [-0.15, -0.1) is 0 Å². The SMILES string of the molecule is CC(NCCSCCCO)c1ccnc(Cl)c1. The first kappa shape index (κ1) is 14.8. The van der Waals surface area contributed by atoms with Crippen molar-refractivity contribution in [2.75, 3.05) is 24.7 Å². The van der Waals surface area contributed by atoms with E-state index in [4.69, 9.17) is 16.7 Å². The minimum Gasteiger partial charge on any atom is -0.396 e. The largest absolute Gasteiger partial charge is 0.396 e. The highest BCUT2D eigenvalue weighted by Crippen LogP contribution is 2.15. The van der Waals surface area contributed by atoms with Crippen LogP contribution in [-0.4, -0.2) is 34.7 Å². The molecular weight excluding hydrogens is 256 g/mol. The summed E-state index contributed by atoms with van der Waals surface area (Å²) in [5.41, 5.74) is 1.16. The molecule has 0 radical (unpaired) electrons. The van der Waals surface area contributed by atoms with E-state index < -0.39 is 0 Å². The number of aromatic nitrogens is 1. The van der Waals surface area contributed by atoms with Gasteiger partial charge in [-0.2, -0.15) is 11.8 Å². The van der Waals surface area contributed by atoms with Crippen LogP contribution in [0.5, 0.6) is 0 Å². The van der Waals surface area contributed by atoms with Crippen molar-refractivity contribution in [2.24, 2.45) is 0 Å². The van der Waals surface area contributed by atoms with Crippen molar-refractivity contribution >= 4 is 23.4 Å². The topological polar surface area (TPSA) is 45.1 Å². The number of pyridine rings is 1. The Morgan fingerprint density at radius 2 is 2.35 bits per heavy atom. The van der Waals surface area contributed by atoms with Gasteiger partial charge in [-0.05, 0) is 36.8 Å². The Kier molecular flexibility index (Phi) is 7.60. The number of aliphatic hydroxyl groups is 1. The molecule has 1 heterocycles. The molecule has 0 spiro atoms. The van der Waals surface area contributed by atoms with Crippen LogP contribution in [0.25, 0.3) is 0 Å². The van der Waals surface area contributed by atoms with Gasteiger partial charge in [-0.3, -0.25) is 0 Å². The molecule has 1 rings (SSSR count). The second-order valence-corrected chi connectivity index (χ2v) is 5.39. The third-order valence-corrected chi connectivity index (χ3v) is 3.67. The minimum atomic E-state index is 0.284. The van der Waals surface area contributed by atoms with E-state index in [-0.39, 0.29) is 12.6 Å². The molecule has 1 unspecified atom stereocenters. The first-order valence-corrected chi connectivity index (χ1v) is 7.30. The Labute approximate surface area is 112 Å². The lowest BCUT2D eigenvalue weighted by molar-refractivity contribution is 0.296. The van der Waals surface area contributed by atoms with Crippen molar-refractivity contribution in [3.05, 3.63) is 29.0 Å². The molecule has 0 aliphatic rings. The Balaban J connectivity index is 2.19. The Morgan fingerprint density at radius 1 is 1.53 bits per heavy atom. The van der Waals surface area contributed by atoms with Gasteiger partial charge in [-0.1, -0.05) is 11.6 Å². The zero-order valence-corrected chi connectivity index (χ0v) is 11.6. The van der Waals surface area contributed by atoms with Gasteiger partial charge in [0.25, 0.3) is 0 Å². The van der Waals surface area contributed by atoms with Crippen LogP contribution in [0.1, 0.15) is 24.9 Å². The van der Waals surface area contributed by atoms with Crippen LogP contribution in [0.2, 0.25) is 5.15 Å². The van der Waals surface area contributed by atoms with Gasteiger partial charge in [0.1, 0.15) is 5.15 Å². The van der Waals surface area contributed by atoms with E-state index in [0.29, 0.717) is 5.15 Å². The van der Waals surface area contributed by atoms with Crippen LogP contribution < -0.4 is 5.32 Å². The monoisotopic (exact) mass is 274 g/mol. The Bertz CT molecular complexity index is 325. The summed E-state index contributed by atoms with van der Waals surface area (Å²) in [6, 6.07) is 4.15. The molecule has 0 bridgehead atoms. The Hall–Kier alpha value is -0.290. The quantitative estimate of drug-likeness (QED) is 0.565. The number of nitrogens with one attached hydrogen (secondary N) is 1. The lowest BCUT2D eigenvalue weighted by Crippen LogP contribution is -2.21. The van der Waals surface area contributed by atoms with Gasteiger partial charge < -0.3 is 10.4 Å². The van der Waals surface area contributed by atoms with Gasteiger partial charge in [0.2, 0.25) is 0 Å². The number of thioether (sulfide) groups is 1. The maximum Gasteiger partial charge on any atom is 0.129 e. The predicted octanol–water partition coefficient (Wildman–Crippen LogP) is 2.50. The van der Waals surface area contributed by atoms with Crippen LogP contribution in [-0.2, 0) is 0 Å². The lowest BCUT2D eigenvalue weighted by atomic mass is 10.1. The van der Waals surface area contributed by atoms with Gasteiger partial charge in [0.05, 0.1) is 0 Å². The Morgan fingerprint density at radius 3 is 3.06 bits per heavy atom. The summed E-state index contributed by atoms with van der Waals surface area (Å²) < 4.78 is 0. The highest BCUT2D eigenvalue weighted by Gasteiger charge is 2.04. The van der Waals surface area contributed by atoms with Crippen molar-refractivity contribution in [1.29, 1.82) is 0 Å². The maximum atomic E-state index is 8.64. The zero-order chi connectivity index (χ0) is 12.5. The highest BCUT2D eigenvalue weighted by atomic mass is 35.5. The van der Waals surface area contributed by atoms with E-state index in [9.17, 15) is 0 Å². The zero-order valence-electron chi connectivity index (χ0n) is 10.0. The molecule has 0 aromatic carbocycles. The van der Waals surface area contributed by atoms with Gasteiger partial charge in [0, 0.05) is 31.1 Å². The molecule has 17 heavy (non-hydrogen) atoms. The predicted molar refractivity (Wildman–Crippen MR) is 74.7 cm³/mol. The second-order valence-electron chi connectivity index (χ2n) is 3.78. The van der Waals surface area contributed by atoms with Crippen LogP contribution in [0.3, 0.4) is 0 Å². The van der Waals surface area contributed by atoms with Crippen LogP contribution >= 0.6 is 23.4 Å². The first-order chi connectivity index (χ1) is 8.24. The number of aliphatic hydroxyl groups excluding tert-OH is 1. The summed E-state index contributed by atoms with van der Waals surface area (Å²) in [7, 11) is 0. The standard InChI is InChI=1S/C12H19ClN2OS/c1-10(11-3-4-15-12(13)9-11)14-5-8-17-7-2-6-16/h3-4,9-10,14,16H,2,5-8H2,1H3. The molecule has 0 saturated carbocycles. The fourth-order valence-electron chi connectivity index (χ4n) is 1.42. The van der Waals surface area contributed by atoms with Crippen molar-refractivity contribution in [2.45, 2.75) is 19.4 Å². The van der Waals surface area contributed by atoms with E-state index in [1.165, 1.54) is 0 Å². The number of rotatable bonds is 8. The summed E-state index contributed by atoms with van der Waals surface area (Å²) in [6.07, 6.45) is 2.60. The van der Waals surface area contributed by atoms with E-state index in [1.807, 2.05) is 23.9 Å². The van der Waals surface area contributed by atoms with E-state index in [2.05, 4.69) is 17.2 Å². The first-order valence-electron chi connectivity index (χ1n) is 5.77. The molecule has 1 aromatic rings. The van der Waals surface area contributed by atoms with E-state index in [0.717, 1.165) is 30.0 Å². The molecule has 1 aromatic heterocycles. The fourth-order valence-corrected chi connectivity index (χ4v) is 2.40. The summed E-state index contributed by atoms with van der Waals surface area (Å²) >= 11 is 7.70. The van der Waals surface area contributed by atoms with Gasteiger partial charge >= 0.3 is 0 Å². The van der Waals surface area contributed by atoms with Crippen LogP contribution in [0.4, 0.5) is 0 Å². The molecule has 1 atom stereocenters. The minimum absolute atomic E-state index is 0.284. The lowest BCUT2D eigenvalue weighted by Gasteiger charge is -2.14. The van der Waals surface area contributed by atoms with E-state index in [1.54, 1.807) is 6.20 Å². The molecule has 0 fully saturated rings.